The molecule has 31 heavy (non-hydrogen) atoms. The van der Waals surface area contributed by atoms with Gasteiger partial charge in [-0.3, -0.25) is 0 Å². The first kappa shape index (κ1) is 25.7. The zero-order chi connectivity index (χ0) is 23.4. The van der Waals surface area contributed by atoms with Gasteiger partial charge in [0.15, 0.2) is 0 Å². The van der Waals surface area contributed by atoms with Crippen molar-refractivity contribution in [3.8, 4) is 0 Å². The van der Waals surface area contributed by atoms with Crippen LogP contribution in [0.3, 0.4) is 0 Å². The second kappa shape index (κ2) is 13.1. The predicted octanol–water partition coefficient (Wildman–Crippen LogP) is 0.626. The molecule has 0 saturated carbocycles. The van der Waals surface area contributed by atoms with Crippen LogP contribution in [-0.4, -0.2) is 68.7 Å². The van der Waals surface area contributed by atoms with Gasteiger partial charge in [-0.1, -0.05) is 21.7 Å². The lowest BCUT2D eigenvalue weighted by atomic mass is 10.2. The van der Waals surface area contributed by atoms with Gasteiger partial charge in [0.05, 0.1) is 48.2 Å². The van der Waals surface area contributed by atoms with Gasteiger partial charge in [0, 0.05) is 5.69 Å². The second-order valence-corrected chi connectivity index (χ2v) is 5.03. The summed E-state index contributed by atoms with van der Waals surface area (Å²) < 4.78 is 0. The molecule has 15 nitrogen and oxygen atoms in total. The van der Waals surface area contributed by atoms with Gasteiger partial charge in [-0.05, 0) is 18.2 Å². The lowest BCUT2D eigenvalue weighted by Gasteiger charge is -2.22. The normalized spacial score (nSPS) is 10.1. The molecule has 0 fully saturated rings. The third-order valence-corrected chi connectivity index (χ3v) is 3.22. The van der Waals surface area contributed by atoms with Crippen molar-refractivity contribution in [2.24, 2.45) is 0 Å². The lowest BCUT2D eigenvalue weighted by Crippen LogP contribution is -2.30. The van der Waals surface area contributed by atoms with E-state index < -0.39 is 5.97 Å². The Balaban J connectivity index is 0.000000399. The summed E-state index contributed by atoms with van der Waals surface area (Å²) in [5.41, 5.74) is 6.03. The maximum absolute atomic E-state index is 10.3. The summed E-state index contributed by atoms with van der Waals surface area (Å²) in [7, 11) is 8.26. The Morgan fingerprint density at radius 3 is 1.35 bits per heavy atom. The fourth-order valence-electron chi connectivity index (χ4n) is 1.97. The minimum atomic E-state index is -0.952. The number of nitrogen functional groups attached to an aromatic ring is 1. The van der Waals surface area contributed by atoms with E-state index in [0.29, 0.717) is 5.69 Å². The fourth-order valence-corrected chi connectivity index (χ4v) is 1.97. The van der Waals surface area contributed by atoms with Crippen LogP contribution in [0.1, 0.15) is 10.4 Å². The number of hydrogen-bond acceptors (Lipinski definition) is 14. The number of carboxylic acids is 1. The molecule has 1 aromatic heterocycles. The Morgan fingerprint density at radius 2 is 1.13 bits per heavy atom. The number of nitrogens with two attached hydrogens (primary N) is 1. The monoisotopic (exact) mass is 443 g/mol. The number of hydrogen-bond donors (Lipinski definition) is 2. The first-order valence-corrected chi connectivity index (χ1v) is 8.35. The highest BCUT2D eigenvalue weighted by atomic mass is 17.0. The molecule has 0 amide bonds. The number of benzene rings is 1. The minimum absolute atomic E-state index is 0.0122. The van der Waals surface area contributed by atoms with Crippen molar-refractivity contribution < 1.29 is 38.9 Å². The van der Waals surface area contributed by atoms with Crippen molar-refractivity contribution in [2.45, 2.75) is 0 Å². The van der Waals surface area contributed by atoms with E-state index in [1.165, 1.54) is 54.8 Å². The predicted molar refractivity (Wildman–Crippen MR) is 107 cm³/mol. The van der Waals surface area contributed by atoms with Crippen LogP contribution in [0.5, 0.6) is 0 Å². The molecular formula is C16H25N7O8. The third kappa shape index (κ3) is 7.45. The van der Waals surface area contributed by atoms with Gasteiger partial charge in [-0.2, -0.15) is 15.0 Å². The van der Waals surface area contributed by atoms with E-state index in [9.17, 15) is 4.79 Å². The molecule has 2 aromatic rings. The molecule has 0 radical (unpaired) electrons. The summed E-state index contributed by atoms with van der Waals surface area (Å²) in [5.74, 6) is -0.915. The molecule has 0 aliphatic rings. The van der Waals surface area contributed by atoms with E-state index in [1.807, 2.05) is 0 Å². The van der Waals surface area contributed by atoms with Crippen LogP contribution < -0.4 is 21.4 Å². The average molecular weight is 443 g/mol. The molecule has 0 spiro atoms. The van der Waals surface area contributed by atoms with Gasteiger partial charge < -0.3 is 10.8 Å². The smallest absolute Gasteiger partial charge is 0.335 e. The van der Waals surface area contributed by atoms with Crippen molar-refractivity contribution in [3.05, 3.63) is 29.8 Å². The topological polar surface area (TPSA) is 167 Å². The molecule has 0 saturated heterocycles. The van der Waals surface area contributed by atoms with E-state index >= 15 is 0 Å². The van der Waals surface area contributed by atoms with Crippen LogP contribution in [0, 0.1) is 0 Å². The van der Waals surface area contributed by atoms with Gasteiger partial charge in [-0.15, -0.1) is 0 Å². The second-order valence-electron chi connectivity index (χ2n) is 5.03. The molecule has 2 rings (SSSR count). The fraction of sp³-hybridized carbons (Fsp3) is 0.375. The largest absolute Gasteiger partial charge is 0.478 e. The van der Waals surface area contributed by atoms with Crippen LogP contribution >= 0.6 is 0 Å². The first-order valence-electron chi connectivity index (χ1n) is 8.35. The molecule has 0 bridgehead atoms. The summed E-state index contributed by atoms with van der Waals surface area (Å²) >= 11 is 0. The van der Waals surface area contributed by atoms with Gasteiger partial charge >= 0.3 is 5.97 Å². The molecular weight excluding hydrogens is 418 g/mol. The quantitative estimate of drug-likeness (QED) is 0.387. The molecule has 1 aromatic carbocycles. The van der Waals surface area contributed by atoms with Gasteiger partial charge in [0.1, 0.15) is 0 Å². The van der Waals surface area contributed by atoms with E-state index in [4.69, 9.17) is 39.9 Å². The SMILES string of the molecule is CON(OC)c1nc(N(OC)OC)nc(N(OC)OC)n1.Nc1cccc(C(=O)O)c1. The van der Waals surface area contributed by atoms with Crippen LogP contribution in [0.2, 0.25) is 0 Å². The zero-order valence-electron chi connectivity index (χ0n) is 17.9. The van der Waals surface area contributed by atoms with E-state index in [1.54, 1.807) is 12.1 Å². The highest BCUT2D eigenvalue weighted by Crippen LogP contribution is 2.19. The molecule has 1 heterocycles. The van der Waals surface area contributed by atoms with E-state index in [2.05, 4.69) is 15.0 Å². The zero-order valence-corrected chi connectivity index (χ0v) is 17.9. The third-order valence-electron chi connectivity index (χ3n) is 3.22. The van der Waals surface area contributed by atoms with Crippen molar-refractivity contribution in [1.82, 2.24) is 15.0 Å². The number of aromatic nitrogens is 3. The lowest BCUT2D eigenvalue weighted by molar-refractivity contribution is -0.0576. The van der Waals surface area contributed by atoms with Crippen LogP contribution in [0.15, 0.2) is 24.3 Å². The van der Waals surface area contributed by atoms with Gasteiger partial charge in [0.25, 0.3) is 17.8 Å². The molecule has 15 heteroatoms. The summed E-state index contributed by atoms with van der Waals surface area (Å²) in [6, 6.07) is 6.17. The van der Waals surface area contributed by atoms with Crippen LogP contribution in [0.4, 0.5) is 23.5 Å². The summed E-state index contributed by atoms with van der Waals surface area (Å²) in [5, 5.41) is 11.3. The minimum Gasteiger partial charge on any atom is -0.478 e. The number of anilines is 4. The van der Waals surface area contributed by atoms with Gasteiger partial charge in [0.2, 0.25) is 0 Å². The first-order chi connectivity index (χ1) is 14.8. The van der Waals surface area contributed by atoms with Crippen molar-refractivity contribution >= 4 is 29.5 Å². The van der Waals surface area contributed by atoms with Crippen molar-refractivity contribution in [2.75, 3.05) is 64.1 Å². The van der Waals surface area contributed by atoms with Gasteiger partial charge in [-0.25, -0.2) is 33.8 Å². The molecule has 0 aliphatic heterocycles. The Bertz CT molecular complexity index is 742. The standard InChI is InChI=1S/C9H18N6O6.C7H7NO2/c1-16-13(17-2)7-10-8(14(18-3)19-4)12-9(11-7)15(20-5)21-6;8-6-3-1-2-5(4-6)7(9)10/h1-6H3;1-4H,8H2,(H,9,10). The summed E-state index contributed by atoms with van der Waals surface area (Å²) in [6.07, 6.45) is 0. The maximum atomic E-state index is 10.3. The Hall–Kier alpha value is -3.34. The Morgan fingerprint density at radius 1 is 0.774 bits per heavy atom. The van der Waals surface area contributed by atoms with Crippen molar-refractivity contribution in [3.63, 3.8) is 0 Å². The van der Waals surface area contributed by atoms with E-state index in [-0.39, 0.29) is 23.4 Å². The maximum Gasteiger partial charge on any atom is 0.335 e. The molecule has 0 aliphatic carbocycles. The number of carboxylic acid groups (broad SMARTS) is 1. The highest BCUT2D eigenvalue weighted by Gasteiger charge is 2.21. The number of nitrogens with zero attached hydrogens (tertiary/aromatic N) is 6. The average Bonchev–Trinajstić information content (AvgIpc) is 2.77. The van der Waals surface area contributed by atoms with Crippen molar-refractivity contribution in [1.29, 1.82) is 0 Å². The highest BCUT2D eigenvalue weighted by molar-refractivity contribution is 5.88. The molecule has 0 unspecified atom stereocenters. The number of rotatable bonds is 10. The Labute approximate surface area is 178 Å². The van der Waals surface area contributed by atoms with Crippen LogP contribution in [0.25, 0.3) is 0 Å². The number of carbonyl (C=O) groups is 1. The van der Waals surface area contributed by atoms with Crippen LogP contribution in [-0.2, 0) is 29.0 Å². The molecule has 3 N–H and O–H groups in total. The summed E-state index contributed by atoms with van der Waals surface area (Å²) in [6.45, 7) is 0. The molecule has 172 valence electrons. The molecule has 0 atom stereocenters. The number of aromatic carboxylic acids is 1. The Kier molecular flexibility index (Phi) is 10.8. The van der Waals surface area contributed by atoms with E-state index in [0.717, 1.165) is 15.7 Å². The summed E-state index contributed by atoms with van der Waals surface area (Å²) in [4.78, 5) is 52.2.